The van der Waals surface area contributed by atoms with E-state index in [4.69, 9.17) is 4.74 Å². The number of aliphatic hydroxyl groups excluding tert-OH is 2. The second-order valence-electron chi connectivity index (χ2n) is 12.2. The molecule has 2 N–H and O–H groups in total. The molecule has 2 spiro atoms. The van der Waals surface area contributed by atoms with Crippen molar-refractivity contribution in [2.75, 3.05) is 14.1 Å². The first kappa shape index (κ1) is 22.8. The van der Waals surface area contributed by atoms with E-state index < -0.39 is 17.8 Å². The van der Waals surface area contributed by atoms with E-state index in [9.17, 15) is 10.2 Å². The minimum atomic E-state index is -0.898. The molecule has 7 rings (SSSR count). The molecule has 5 aliphatic rings. The Morgan fingerprint density at radius 3 is 2.78 bits per heavy atom. The van der Waals surface area contributed by atoms with Gasteiger partial charge in [-0.25, -0.2) is 0 Å². The van der Waals surface area contributed by atoms with Crippen molar-refractivity contribution in [3.05, 3.63) is 65.4 Å². The van der Waals surface area contributed by atoms with E-state index in [0.717, 1.165) is 35.7 Å². The van der Waals surface area contributed by atoms with Crippen LogP contribution >= 0.6 is 0 Å². The largest absolute Gasteiger partial charge is 0.388 e. The van der Waals surface area contributed by atoms with Gasteiger partial charge in [-0.3, -0.25) is 0 Å². The van der Waals surface area contributed by atoms with Crippen molar-refractivity contribution >= 4 is 16.5 Å². The third-order valence-electron chi connectivity index (χ3n) is 10.5. The van der Waals surface area contributed by atoms with Crippen LogP contribution in [0.15, 0.2) is 59.8 Å². The lowest BCUT2D eigenvalue weighted by Gasteiger charge is -2.57. The number of hydrogen-bond acceptors (Lipinski definition) is 6. The predicted molar refractivity (Wildman–Crippen MR) is 139 cm³/mol. The normalized spacial score (nSPS) is 43.0. The van der Waals surface area contributed by atoms with Crippen molar-refractivity contribution in [3.8, 4) is 0 Å². The molecule has 6 nitrogen and oxygen atoms in total. The first-order chi connectivity index (χ1) is 17.2. The van der Waals surface area contributed by atoms with Crippen LogP contribution in [-0.2, 0) is 4.74 Å². The summed E-state index contributed by atoms with van der Waals surface area (Å²) in [6, 6.07) is 8.42. The summed E-state index contributed by atoms with van der Waals surface area (Å²) in [5.41, 5.74) is 4.72. The molecular weight excluding hydrogens is 450 g/mol. The van der Waals surface area contributed by atoms with Gasteiger partial charge in [-0.05, 0) is 86.2 Å². The second-order valence-corrected chi connectivity index (χ2v) is 12.2. The third-order valence-corrected chi connectivity index (χ3v) is 10.5. The van der Waals surface area contributed by atoms with Crippen molar-refractivity contribution < 1.29 is 14.9 Å². The maximum atomic E-state index is 11.2. The highest BCUT2D eigenvalue weighted by atomic mass is 16.5. The number of rotatable bonds is 2. The van der Waals surface area contributed by atoms with Crippen LogP contribution < -0.4 is 0 Å². The molecule has 188 valence electrons. The van der Waals surface area contributed by atoms with Crippen LogP contribution in [0.1, 0.15) is 45.1 Å². The number of aliphatic hydroxyl groups is 2. The molecule has 1 saturated carbocycles. The zero-order chi connectivity index (χ0) is 25.0. The van der Waals surface area contributed by atoms with Gasteiger partial charge in [0.15, 0.2) is 0 Å². The highest BCUT2D eigenvalue weighted by molar-refractivity contribution is 5.85. The van der Waals surface area contributed by atoms with Gasteiger partial charge in [-0.2, -0.15) is 10.2 Å². The summed E-state index contributed by atoms with van der Waals surface area (Å²) in [6.07, 6.45) is 10.6. The summed E-state index contributed by atoms with van der Waals surface area (Å²) in [6.45, 7) is 4.75. The summed E-state index contributed by atoms with van der Waals surface area (Å²) in [5, 5.41) is 31.5. The van der Waals surface area contributed by atoms with Gasteiger partial charge in [0.2, 0.25) is 0 Å². The first-order valence-electron chi connectivity index (χ1n) is 13.3. The van der Waals surface area contributed by atoms with Crippen molar-refractivity contribution in [1.29, 1.82) is 0 Å². The Hall–Kier alpha value is -2.38. The molecule has 0 radical (unpaired) electrons. The molecule has 1 aromatic carbocycles. The fourth-order valence-corrected chi connectivity index (χ4v) is 8.41. The molecule has 3 heterocycles. The Morgan fingerprint density at radius 2 is 1.97 bits per heavy atom. The molecule has 6 heteroatoms. The molecule has 3 aliphatic carbocycles. The van der Waals surface area contributed by atoms with E-state index in [2.05, 4.69) is 60.5 Å². The minimum absolute atomic E-state index is 0.0672. The van der Waals surface area contributed by atoms with Crippen molar-refractivity contribution in [2.45, 2.75) is 69.0 Å². The molecule has 1 aromatic heterocycles. The van der Waals surface area contributed by atoms with Gasteiger partial charge in [0.1, 0.15) is 6.10 Å². The highest BCUT2D eigenvalue weighted by Gasteiger charge is 2.68. The number of aromatic nitrogens is 2. The molecule has 2 aliphatic heterocycles. The van der Waals surface area contributed by atoms with E-state index in [-0.39, 0.29) is 17.1 Å². The zero-order valence-electron chi connectivity index (χ0n) is 21.5. The van der Waals surface area contributed by atoms with Gasteiger partial charge in [0.25, 0.3) is 0 Å². The topological polar surface area (TPSA) is 78.7 Å². The van der Waals surface area contributed by atoms with Crippen LogP contribution in [0.5, 0.6) is 0 Å². The monoisotopic (exact) mass is 485 g/mol. The Morgan fingerprint density at radius 1 is 1.14 bits per heavy atom. The van der Waals surface area contributed by atoms with E-state index in [1.807, 2.05) is 25.1 Å². The van der Waals surface area contributed by atoms with Crippen LogP contribution in [0.3, 0.4) is 0 Å². The highest BCUT2D eigenvalue weighted by Crippen LogP contribution is 2.69. The SMILES string of the molecule is CC1C=C2C=C3[C@@H](O)[C@H](O)[C@@H](N(C)C)C[C@]34CC[C@]2(O4)C2CC=C(c3ccc4nnccc4c3)[C@@]12C. The van der Waals surface area contributed by atoms with Crippen LogP contribution in [0.4, 0.5) is 0 Å². The lowest BCUT2D eigenvalue weighted by atomic mass is 9.54. The smallest absolute Gasteiger partial charge is 0.105 e. The Balaban J connectivity index is 1.33. The molecular formula is C30H35N3O3. The lowest BCUT2D eigenvalue weighted by Crippen LogP contribution is -2.62. The molecule has 2 bridgehead atoms. The van der Waals surface area contributed by atoms with Gasteiger partial charge in [0, 0.05) is 22.8 Å². The Kier molecular flexibility index (Phi) is 4.65. The standard InChI is InChI=1S/C30H35N3O3/c1-17-13-20-15-22-26(34)27(35)24(33(3)4)16-29(22)10-11-30(20,36-29)25-8-6-21(28(17,25)2)18-5-7-23-19(14-18)9-12-31-32-23/h5-7,9,12-15,17,24-27,34-35H,8,10-11,16H2,1-4H3/t17?,24-,25?,26+,27+,28+,29+,30+/m0/s1. The third kappa shape index (κ3) is 2.71. The summed E-state index contributed by atoms with van der Waals surface area (Å²) in [4.78, 5) is 2.03. The van der Waals surface area contributed by atoms with Gasteiger partial charge in [-0.1, -0.05) is 38.1 Å². The van der Waals surface area contributed by atoms with Crippen LogP contribution in [0.2, 0.25) is 0 Å². The number of hydrogen-bond donors (Lipinski definition) is 2. The average Bonchev–Trinajstić information content (AvgIpc) is 3.39. The molecule has 2 fully saturated rings. The van der Waals surface area contributed by atoms with E-state index >= 15 is 0 Å². The number of likely N-dealkylation sites (N-methyl/N-ethyl adjacent to an activating group) is 1. The average molecular weight is 486 g/mol. The maximum absolute atomic E-state index is 11.2. The van der Waals surface area contributed by atoms with Gasteiger partial charge < -0.3 is 19.8 Å². The minimum Gasteiger partial charge on any atom is -0.388 e. The number of ether oxygens (including phenoxy) is 1. The number of nitrogens with zero attached hydrogens (tertiary/aromatic N) is 3. The molecule has 1 saturated heterocycles. The quantitative estimate of drug-likeness (QED) is 0.672. The van der Waals surface area contributed by atoms with Crippen molar-refractivity contribution in [1.82, 2.24) is 15.1 Å². The molecule has 36 heavy (non-hydrogen) atoms. The fourth-order valence-electron chi connectivity index (χ4n) is 8.41. The van der Waals surface area contributed by atoms with E-state index in [1.54, 1.807) is 6.20 Å². The van der Waals surface area contributed by atoms with Crippen LogP contribution in [0, 0.1) is 17.3 Å². The first-order valence-corrected chi connectivity index (χ1v) is 13.3. The van der Waals surface area contributed by atoms with Gasteiger partial charge in [0.05, 0.1) is 29.0 Å². The summed E-state index contributed by atoms with van der Waals surface area (Å²) >= 11 is 0. The summed E-state index contributed by atoms with van der Waals surface area (Å²) < 4.78 is 7.28. The fraction of sp³-hybridized carbons (Fsp3) is 0.533. The maximum Gasteiger partial charge on any atom is 0.105 e. The number of fused-ring (bicyclic) bond motifs is 2. The summed E-state index contributed by atoms with van der Waals surface area (Å²) in [7, 11) is 3.96. The molecule has 8 atom stereocenters. The predicted octanol–water partition coefficient (Wildman–Crippen LogP) is 3.90. The zero-order valence-corrected chi connectivity index (χ0v) is 21.5. The lowest BCUT2D eigenvalue weighted by molar-refractivity contribution is -0.165. The molecule has 2 unspecified atom stereocenters. The van der Waals surface area contributed by atoms with Crippen LogP contribution in [0.25, 0.3) is 16.5 Å². The Bertz CT molecular complexity index is 1360. The van der Waals surface area contributed by atoms with E-state index in [0.29, 0.717) is 18.3 Å². The molecule has 2 aromatic rings. The van der Waals surface area contributed by atoms with Crippen molar-refractivity contribution in [3.63, 3.8) is 0 Å². The number of allylic oxidation sites excluding steroid dienone is 3. The number of benzene rings is 1. The molecule has 0 amide bonds. The van der Waals surface area contributed by atoms with Gasteiger partial charge in [-0.15, -0.1) is 0 Å². The van der Waals surface area contributed by atoms with Crippen LogP contribution in [-0.4, -0.2) is 68.9 Å². The van der Waals surface area contributed by atoms with Crippen molar-refractivity contribution in [2.24, 2.45) is 17.3 Å². The Labute approximate surface area is 212 Å². The van der Waals surface area contributed by atoms with E-state index in [1.165, 1.54) is 16.7 Å². The summed E-state index contributed by atoms with van der Waals surface area (Å²) in [5.74, 6) is 0.622. The second kappa shape index (κ2) is 7.35. The van der Waals surface area contributed by atoms with Gasteiger partial charge >= 0.3 is 0 Å².